The Morgan fingerprint density at radius 3 is 2.28 bits per heavy atom. The van der Waals surface area contributed by atoms with Crippen LogP contribution in [0.3, 0.4) is 0 Å². The van der Waals surface area contributed by atoms with Crippen LogP contribution in [0, 0.1) is 51.8 Å². The highest BCUT2D eigenvalue weighted by Crippen LogP contribution is 2.36. The van der Waals surface area contributed by atoms with E-state index in [1.807, 2.05) is 45.9 Å². The number of rotatable bonds is 9. The Balaban J connectivity index is 2.17. The van der Waals surface area contributed by atoms with E-state index in [0.717, 1.165) is 22.3 Å². The van der Waals surface area contributed by atoms with Crippen molar-refractivity contribution in [1.29, 1.82) is 0 Å². The number of benzene rings is 2. The summed E-state index contributed by atoms with van der Waals surface area (Å²) in [6.45, 7) is 11.0. The lowest BCUT2D eigenvalue weighted by Crippen LogP contribution is -2.40. The third-order valence-electron chi connectivity index (χ3n) is 6.93. The van der Waals surface area contributed by atoms with Gasteiger partial charge in [-0.2, -0.15) is 0 Å². The number of nitrogens with one attached hydrogen (secondary N) is 1. The molecule has 0 aliphatic carbocycles. The maximum atomic E-state index is 15.8. The molecule has 204 valence electrons. The standard InChI is InChI=1S/C32H35FN2O4/c1-8-23-22(7)31(33)25(16-24(23)30-20(5)10-9-11-21(30)6)26(17-29(37)38)34-32(39)27(14-18(2)3)35-13-12-19(4)15-28(35)36/h1,9-13,15-16,18,26-27H,14,17H2,2-7H3,(H,34,39)(H,37,38). The Kier molecular flexibility index (Phi) is 9.13. The number of carboxylic acids is 1. The maximum Gasteiger partial charge on any atom is 0.305 e. The summed E-state index contributed by atoms with van der Waals surface area (Å²) >= 11 is 0. The second-order valence-electron chi connectivity index (χ2n) is 10.5. The minimum atomic E-state index is -1.21. The lowest BCUT2D eigenvalue weighted by molar-refractivity contribution is -0.138. The van der Waals surface area contributed by atoms with E-state index in [9.17, 15) is 19.5 Å². The van der Waals surface area contributed by atoms with Gasteiger partial charge in [-0.05, 0) is 80.0 Å². The number of carbonyl (C=O) groups is 2. The van der Waals surface area contributed by atoms with E-state index in [2.05, 4.69) is 11.2 Å². The number of carbonyl (C=O) groups excluding carboxylic acids is 1. The third-order valence-corrected chi connectivity index (χ3v) is 6.93. The first kappa shape index (κ1) is 29.4. The number of terminal acetylenes is 1. The molecule has 3 rings (SSSR count). The van der Waals surface area contributed by atoms with Crippen LogP contribution in [-0.4, -0.2) is 21.6 Å². The van der Waals surface area contributed by atoms with Crippen LogP contribution >= 0.6 is 0 Å². The summed E-state index contributed by atoms with van der Waals surface area (Å²) in [4.78, 5) is 38.3. The van der Waals surface area contributed by atoms with Crippen LogP contribution < -0.4 is 10.9 Å². The molecule has 0 spiro atoms. The van der Waals surface area contributed by atoms with Gasteiger partial charge in [0.25, 0.3) is 5.56 Å². The van der Waals surface area contributed by atoms with Crippen molar-refractivity contribution in [2.45, 2.75) is 66.5 Å². The number of aliphatic carboxylic acids is 1. The molecular weight excluding hydrogens is 495 g/mol. The molecule has 3 aromatic rings. The van der Waals surface area contributed by atoms with Crippen molar-refractivity contribution in [3.63, 3.8) is 0 Å². The number of carboxylic acid groups (broad SMARTS) is 1. The van der Waals surface area contributed by atoms with E-state index in [0.29, 0.717) is 17.5 Å². The summed E-state index contributed by atoms with van der Waals surface area (Å²) in [7, 11) is 0. The van der Waals surface area contributed by atoms with Gasteiger partial charge in [0.15, 0.2) is 0 Å². The number of nitrogens with zero attached hydrogens (tertiary/aromatic N) is 1. The fraction of sp³-hybridized carbons (Fsp3) is 0.344. The summed E-state index contributed by atoms with van der Waals surface area (Å²) in [6, 6.07) is 8.39. The molecule has 7 heteroatoms. The summed E-state index contributed by atoms with van der Waals surface area (Å²) in [5, 5.41) is 12.5. The van der Waals surface area contributed by atoms with Gasteiger partial charge < -0.3 is 15.0 Å². The minimum Gasteiger partial charge on any atom is -0.481 e. The van der Waals surface area contributed by atoms with Crippen molar-refractivity contribution in [1.82, 2.24) is 9.88 Å². The Morgan fingerprint density at radius 2 is 1.74 bits per heavy atom. The molecule has 0 fully saturated rings. The highest BCUT2D eigenvalue weighted by molar-refractivity contribution is 5.83. The molecule has 6 nitrogen and oxygen atoms in total. The molecule has 1 amide bonds. The fourth-order valence-electron chi connectivity index (χ4n) is 5.02. The van der Waals surface area contributed by atoms with Crippen LogP contribution in [0.2, 0.25) is 0 Å². The maximum absolute atomic E-state index is 15.8. The van der Waals surface area contributed by atoms with Crippen molar-refractivity contribution in [3.05, 3.63) is 92.1 Å². The number of hydrogen-bond donors (Lipinski definition) is 2. The molecule has 0 radical (unpaired) electrons. The highest BCUT2D eigenvalue weighted by atomic mass is 19.1. The second-order valence-corrected chi connectivity index (χ2v) is 10.5. The first-order valence-corrected chi connectivity index (χ1v) is 12.9. The number of amides is 1. The molecule has 39 heavy (non-hydrogen) atoms. The molecular formula is C32H35FN2O4. The largest absolute Gasteiger partial charge is 0.481 e. The van der Waals surface area contributed by atoms with Crippen LogP contribution in [0.1, 0.15) is 72.2 Å². The van der Waals surface area contributed by atoms with Crippen LogP contribution in [0.4, 0.5) is 4.39 Å². The smallest absolute Gasteiger partial charge is 0.305 e. The molecule has 0 saturated carbocycles. The van der Waals surface area contributed by atoms with Gasteiger partial charge in [-0.15, -0.1) is 6.42 Å². The zero-order chi connectivity index (χ0) is 29.0. The van der Waals surface area contributed by atoms with Crippen molar-refractivity contribution in [3.8, 4) is 23.5 Å². The van der Waals surface area contributed by atoms with Crippen molar-refractivity contribution in [2.24, 2.45) is 5.92 Å². The van der Waals surface area contributed by atoms with E-state index in [1.165, 1.54) is 10.6 Å². The van der Waals surface area contributed by atoms with Crippen molar-refractivity contribution < 1.29 is 19.1 Å². The Hall–Kier alpha value is -4.18. The van der Waals surface area contributed by atoms with Gasteiger partial charge in [0.2, 0.25) is 5.91 Å². The molecule has 0 aliphatic heterocycles. The Bertz CT molecular complexity index is 1490. The third kappa shape index (κ3) is 6.46. The van der Waals surface area contributed by atoms with E-state index in [1.54, 1.807) is 32.2 Å². The number of halogens is 1. The first-order chi connectivity index (χ1) is 18.3. The summed E-state index contributed by atoms with van der Waals surface area (Å²) in [5.41, 5.74) is 4.30. The van der Waals surface area contributed by atoms with Crippen LogP contribution in [0.5, 0.6) is 0 Å². The van der Waals surface area contributed by atoms with Crippen LogP contribution in [0.15, 0.2) is 47.4 Å². The van der Waals surface area contributed by atoms with Gasteiger partial charge in [-0.3, -0.25) is 14.4 Å². The predicted octanol–water partition coefficient (Wildman–Crippen LogP) is 5.79. The summed E-state index contributed by atoms with van der Waals surface area (Å²) < 4.78 is 17.2. The average molecular weight is 531 g/mol. The van der Waals surface area contributed by atoms with Gasteiger partial charge in [0, 0.05) is 29.0 Å². The van der Waals surface area contributed by atoms with E-state index < -0.39 is 36.2 Å². The number of pyridine rings is 1. The first-order valence-electron chi connectivity index (χ1n) is 12.9. The fourth-order valence-corrected chi connectivity index (χ4v) is 5.02. The zero-order valence-electron chi connectivity index (χ0n) is 23.3. The minimum absolute atomic E-state index is 0.0273. The van der Waals surface area contributed by atoms with E-state index in [-0.39, 0.29) is 22.6 Å². The lowest BCUT2D eigenvalue weighted by atomic mass is 9.86. The number of aromatic nitrogens is 1. The number of aryl methyl sites for hydroxylation is 3. The van der Waals surface area contributed by atoms with Crippen molar-refractivity contribution >= 4 is 11.9 Å². The monoisotopic (exact) mass is 530 g/mol. The van der Waals surface area contributed by atoms with Crippen molar-refractivity contribution in [2.75, 3.05) is 0 Å². The molecule has 0 aliphatic rings. The molecule has 0 bridgehead atoms. The Morgan fingerprint density at radius 1 is 1.10 bits per heavy atom. The normalized spacial score (nSPS) is 12.6. The van der Waals surface area contributed by atoms with E-state index in [4.69, 9.17) is 6.42 Å². The summed E-state index contributed by atoms with van der Waals surface area (Å²) in [6.07, 6.45) is 7.14. The lowest BCUT2D eigenvalue weighted by Gasteiger charge is -2.26. The second kappa shape index (κ2) is 12.1. The summed E-state index contributed by atoms with van der Waals surface area (Å²) in [5.74, 6) is 0.208. The predicted molar refractivity (Wildman–Crippen MR) is 151 cm³/mol. The van der Waals surface area contributed by atoms with Gasteiger partial charge in [0.05, 0.1) is 12.5 Å². The SMILES string of the molecule is C#Cc1c(-c2c(C)cccc2C)cc(C(CC(=O)O)NC(=O)C(CC(C)C)n2ccc(C)cc2=O)c(F)c1C. The average Bonchev–Trinajstić information content (AvgIpc) is 2.84. The van der Waals surface area contributed by atoms with Gasteiger partial charge in [0.1, 0.15) is 11.9 Å². The van der Waals surface area contributed by atoms with Gasteiger partial charge in [-0.1, -0.05) is 38.0 Å². The quantitative estimate of drug-likeness (QED) is 0.343. The molecule has 2 atom stereocenters. The molecule has 2 unspecified atom stereocenters. The molecule has 2 N–H and O–H groups in total. The van der Waals surface area contributed by atoms with Crippen LogP contribution in [0.25, 0.3) is 11.1 Å². The zero-order valence-corrected chi connectivity index (χ0v) is 23.3. The molecule has 1 aromatic heterocycles. The topological polar surface area (TPSA) is 88.4 Å². The van der Waals surface area contributed by atoms with Gasteiger partial charge >= 0.3 is 5.97 Å². The highest BCUT2D eigenvalue weighted by Gasteiger charge is 2.30. The number of hydrogen-bond acceptors (Lipinski definition) is 3. The van der Waals surface area contributed by atoms with Crippen LogP contribution in [-0.2, 0) is 9.59 Å². The molecule has 0 saturated heterocycles. The molecule has 1 heterocycles. The van der Waals surface area contributed by atoms with Gasteiger partial charge in [-0.25, -0.2) is 4.39 Å². The molecule has 2 aromatic carbocycles. The van der Waals surface area contributed by atoms with E-state index >= 15 is 4.39 Å². The Labute approximate surface area is 228 Å².